The summed E-state index contributed by atoms with van der Waals surface area (Å²) >= 11 is 0. The molecular weight excluding hydrogens is 400 g/mol. The van der Waals surface area contributed by atoms with Crippen molar-refractivity contribution < 1.29 is 9.90 Å². The number of anilines is 1. The van der Waals surface area contributed by atoms with E-state index in [-0.39, 0.29) is 41.3 Å². The average molecular weight is 431 g/mol. The van der Waals surface area contributed by atoms with Crippen LogP contribution in [-0.2, 0) is 15.6 Å². The fourth-order valence-corrected chi connectivity index (χ4v) is 2.87. The van der Waals surface area contributed by atoms with E-state index in [0.29, 0.717) is 0 Å². The van der Waals surface area contributed by atoms with Crippen molar-refractivity contribution in [3.8, 4) is 5.75 Å². The summed E-state index contributed by atoms with van der Waals surface area (Å²) in [5.41, 5.74) is 2.89. The number of aromatic hydroxyl groups is 1. The van der Waals surface area contributed by atoms with E-state index in [4.69, 9.17) is 0 Å². The molecule has 0 unspecified atom stereocenters. The van der Waals surface area contributed by atoms with Gasteiger partial charge in [0.05, 0.1) is 6.21 Å². The molecule has 0 bridgehead atoms. The number of hydrogen-bond donors (Lipinski definition) is 5. The third kappa shape index (κ3) is 6.53. The number of hydrazone groups is 1. The molecule has 1 aromatic heterocycles. The Kier molecular flexibility index (Phi) is 7.04. The molecule has 1 amide bonds. The first-order chi connectivity index (χ1) is 14.3. The van der Waals surface area contributed by atoms with E-state index in [1.807, 2.05) is 58.7 Å². The summed E-state index contributed by atoms with van der Waals surface area (Å²) in [7, 11) is 0. The third-order valence-electron chi connectivity index (χ3n) is 4.51. The number of nitrogens with one attached hydrogen (secondary N) is 4. The number of amides is 1. The molecule has 0 aliphatic heterocycles. The molecule has 0 aliphatic rings. The number of phenolic OH excluding ortho intramolecular Hbond substituents is 1. The Morgan fingerprint density at radius 2 is 1.71 bits per heavy atom. The van der Waals surface area contributed by atoms with Gasteiger partial charge in [0, 0.05) is 24.1 Å². The molecule has 10 nitrogen and oxygen atoms in total. The summed E-state index contributed by atoms with van der Waals surface area (Å²) in [6.45, 7) is 12.3. The fourth-order valence-electron chi connectivity index (χ4n) is 2.87. The number of rotatable bonds is 6. The second-order valence-electron chi connectivity index (χ2n) is 9.29. The molecule has 0 saturated carbocycles. The predicted molar refractivity (Wildman–Crippen MR) is 120 cm³/mol. The first-order valence-corrected chi connectivity index (χ1v) is 9.92. The van der Waals surface area contributed by atoms with Gasteiger partial charge in [-0.15, -0.1) is 5.10 Å². The Balaban J connectivity index is 2.05. The van der Waals surface area contributed by atoms with Crippen LogP contribution < -0.4 is 22.0 Å². The summed E-state index contributed by atoms with van der Waals surface area (Å²) in [5, 5.41) is 23.1. The summed E-state index contributed by atoms with van der Waals surface area (Å²) in [4.78, 5) is 36.5. The van der Waals surface area contributed by atoms with Gasteiger partial charge in [-0.2, -0.15) is 5.10 Å². The van der Waals surface area contributed by atoms with E-state index in [1.165, 1.54) is 6.21 Å². The second-order valence-corrected chi connectivity index (χ2v) is 9.29. The van der Waals surface area contributed by atoms with Crippen LogP contribution in [0.3, 0.4) is 0 Å². The van der Waals surface area contributed by atoms with Gasteiger partial charge in [-0.25, -0.2) is 15.3 Å². The molecule has 168 valence electrons. The standard InChI is InChI=1S/C21H30N6O4/c1-20(2,3)13-9-12(10-14(16(13)29)21(4,5)6)11-23-25-15(28)7-8-22-17-18(30)24-19(31)27-26-17/h9-11,29H,7-8H2,1-6H3,(H,22,26)(H,25,28)(H2,24,27,30,31)/b23-11+. The maximum absolute atomic E-state index is 12.0. The van der Waals surface area contributed by atoms with Gasteiger partial charge in [0.15, 0.2) is 0 Å². The molecule has 0 atom stereocenters. The highest BCUT2D eigenvalue weighted by atomic mass is 16.3. The van der Waals surface area contributed by atoms with Crippen LogP contribution in [0.4, 0.5) is 5.82 Å². The Morgan fingerprint density at radius 3 is 2.23 bits per heavy atom. The minimum absolute atomic E-state index is 0.0354. The van der Waals surface area contributed by atoms with Crippen molar-refractivity contribution in [1.29, 1.82) is 0 Å². The van der Waals surface area contributed by atoms with Crippen molar-refractivity contribution in [2.24, 2.45) is 5.10 Å². The van der Waals surface area contributed by atoms with E-state index in [2.05, 4.69) is 26.0 Å². The second kappa shape index (κ2) is 9.15. The number of aromatic amines is 2. The lowest BCUT2D eigenvalue weighted by Crippen LogP contribution is -2.28. The molecule has 1 heterocycles. The lowest BCUT2D eigenvalue weighted by Gasteiger charge is -2.27. The van der Waals surface area contributed by atoms with Crippen LogP contribution in [0, 0.1) is 0 Å². The Labute approximate surface area is 180 Å². The monoisotopic (exact) mass is 430 g/mol. The number of carbonyl (C=O) groups is 1. The summed E-state index contributed by atoms with van der Waals surface area (Å²) < 4.78 is 0. The van der Waals surface area contributed by atoms with Crippen molar-refractivity contribution in [2.45, 2.75) is 58.8 Å². The van der Waals surface area contributed by atoms with Crippen LogP contribution in [0.5, 0.6) is 5.75 Å². The SMILES string of the molecule is CC(C)(C)c1cc(/C=N/NC(=O)CCNc2n[nH]c(=O)[nH]c2=O)cc(C(C)(C)C)c1O. The van der Waals surface area contributed by atoms with Gasteiger partial charge < -0.3 is 10.4 Å². The summed E-state index contributed by atoms with van der Waals surface area (Å²) in [5.74, 6) is -0.169. The quantitative estimate of drug-likeness (QED) is 0.347. The largest absolute Gasteiger partial charge is 0.507 e. The van der Waals surface area contributed by atoms with Crippen LogP contribution >= 0.6 is 0 Å². The van der Waals surface area contributed by atoms with Gasteiger partial charge in [-0.05, 0) is 28.5 Å². The van der Waals surface area contributed by atoms with Crippen molar-refractivity contribution >= 4 is 17.9 Å². The van der Waals surface area contributed by atoms with Crippen LogP contribution in [0.2, 0.25) is 0 Å². The minimum atomic E-state index is -0.707. The van der Waals surface area contributed by atoms with Gasteiger partial charge in [-0.3, -0.25) is 14.6 Å². The molecule has 0 aliphatic carbocycles. The molecule has 10 heteroatoms. The summed E-state index contributed by atoms with van der Waals surface area (Å²) in [6, 6.07) is 3.71. The van der Waals surface area contributed by atoms with Gasteiger partial charge in [0.25, 0.3) is 5.56 Å². The highest BCUT2D eigenvalue weighted by molar-refractivity contribution is 5.83. The van der Waals surface area contributed by atoms with E-state index >= 15 is 0 Å². The fraction of sp³-hybridized carbons (Fsp3) is 0.476. The van der Waals surface area contributed by atoms with Crippen LogP contribution in [-0.4, -0.2) is 39.0 Å². The molecule has 2 aromatic rings. The lowest BCUT2D eigenvalue weighted by atomic mass is 9.78. The van der Waals surface area contributed by atoms with Crippen LogP contribution in [0.25, 0.3) is 0 Å². The van der Waals surface area contributed by atoms with Crippen molar-refractivity contribution in [1.82, 2.24) is 20.6 Å². The molecule has 0 saturated heterocycles. The zero-order chi connectivity index (χ0) is 23.4. The Bertz CT molecular complexity index is 1050. The maximum atomic E-state index is 12.0. The number of H-pyrrole nitrogens is 2. The van der Waals surface area contributed by atoms with E-state index < -0.39 is 11.2 Å². The zero-order valence-electron chi connectivity index (χ0n) is 18.7. The topological polar surface area (TPSA) is 152 Å². The van der Waals surface area contributed by atoms with Gasteiger partial charge in [0.1, 0.15) is 5.75 Å². The molecule has 1 aromatic carbocycles. The average Bonchev–Trinajstić information content (AvgIpc) is 2.62. The zero-order valence-corrected chi connectivity index (χ0v) is 18.7. The maximum Gasteiger partial charge on any atom is 0.342 e. The normalized spacial score (nSPS) is 12.2. The van der Waals surface area contributed by atoms with Crippen molar-refractivity contribution in [2.75, 3.05) is 11.9 Å². The van der Waals surface area contributed by atoms with Gasteiger partial charge >= 0.3 is 5.69 Å². The molecule has 0 spiro atoms. The predicted octanol–water partition coefficient (Wildman–Crippen LogP) is 1.71. The van der Waals surface area contributed by atoms with Crippen molar-refractivity contribution in [3.63, 3.8) is 0 Å². The number of benzene rings is 1. The number of phenols is 1. The van der Waals surface area contributed by atoms with Gasteiger partial charge in [0.2, 0.25) is 11.7 Å². The highest BCUT2D eigenvalue weighted by Gasteiger charge is 2.26. The molecular formula is C21H30N6O4. The third-order valence-corrected chi connectivity index (χ3v) is 4.51. The van der Waals surface area contributed by atoms with E-state index in [9.17, 15) is 19.5 Å². The first-order valence-electron chi connectivity index (χ1n) is 9.92. The number of hydrogen-bond acceptors (Lipinski definition) is 7. The molecule has 5 N–H and O–H groups in total. The summed E-state index contributed by atoms with van der Waals surface area (Å²) in [6.07, 6.45) is 1.57. The smallest absolute Gasteiger partial charge is 0.342 e. The number of aromatic nitrogens is 3. The molecule has 2 rings (SSSR count). The van der Waals surface area contributed by atoms with E-state index in [1.54, 1.807) is 0 Å². The molecule has 0 radical (unpaired) electrons. The lowest BCUT2D eigenvalue weighted by molar-refractivity contribution is -0.120. The minimum Gasteiger partial charge on any atom is -0.507 e. The van der Waals surface area contributed by atoms with Crippen LogP contribution in [0.1, 0.15) is 64.7 Å². The molecule has 31 heavy (non-hydrogen) atoms. The molecule has 0 fully saturated rings. The number of carbonyl (C=O) groups excluding carboxylic acids is 1. The number of nitrogens with zero attached hydrogens (tertiary/aromatic N) is 2. The van der Waals surface area contributed by atoms with Crippen LogP contribution in [0.15, 0.2) is 26.8 Å². The highest BCUT2D eigenvalue weighted by Crippen LogP contribution is 2.39. The Morgan fingerprint density at radius 1 is 1.13 bits per heavy atom. The van der Waals surface area contributed by atoms with Crippen molar-refractivity contribution in [3.05, 3.63) is 49.7 Å². The first kappa shape index (κ1) is 23.8. The van der Waals surface area contributed by atoms with Gasteiger partial charge in [-0.1, -0.05) is 41.5 Å². The Hall–Kier alpha value is -3.43. The van der Waals surface area contributed by atoms with E-state index in [0.717, 1.165) is 16.7 Å².